The fourth-order valence-corrected chi connectivity index (χ4v) is 1.52. The van der Waals surface area contributed by atoms with Crippen molar-refractivity contribution >= 4 is 10.9 Å². The Morgan fingerprint density at radius 1 is 1.21 bits per heavy atom. The van der Waals surface area contributed by atoms with Crippen LogP contribution in [0.3, 0.4) is 0 Å². The summed E-state index contributed by atoms with van der Waals surface area (Å²) < 4.78 is 10.4. The van der Waals surface area contributed by atoms with Gasteiger partial charge in [-0.2, -0.15) is 0 Å². The number of fused-ring (bicyclic) bond motifs is 2. The van der Waals surface area contributed by atoms with Crippen LogP contribution in [0.25, 0.3) is 10.9 Å². The van der Waals surface area contributed by atoms with Gasteiger partial charge in [0.05, 0.1) is 5.52 Å². The summed E-state index contributed by atoms with van der Waals surface area (Å²) >= 11 is 0. The summed E-state index contributed by atoms with van der Waals surface area (Å²) in [5.74, 6) is 1.53. The molecule has 0 radical (unpaired) electrons. The van der Waals surface area contributed by atoms with Crippen molar-refractivity contribution in [3.05, 3.63) is 24.4 Å². The maximum absolute atomic E-state index is 9.57. The van der Waals surface area contributed by atoms with Crippen LogP contribution in [0.1, 0.15) is 0 Å². The molecule has 3 rings (SSSR count). The molecule has 0 saturated heterocycles. The van der Waals surface area contributed by atoms with Gasteiger partial charge < -0.3 is 14.6 Å². The normalized spacial score (nSPS) is 13.4. The molecule has 2 aromatic rings. The zero-order valence-corrected chi connectivity index (χ0v) is 7.23. The van der Waals surface area contributed by atoms with Crippen LogP contribution in [0.15, 0.2) is 24.4 Å². The second kappa shape index (κ2) is 2.51. The summed E-state index contributed by atoms with van der Waals surface area (Å²) in [5, 5.41) is 10.2. The van der Waals surface area contributed by atoms with E-state index in [9.17, 15) is 5.11 Å². The van der Waals surface area contributed by atoms with E-state index in [1.807, 2.05) is 0 Å². The molecule has 0 saturated carbocycles. The molecule has 1 aromatic heterocycles. The number of ether oxygens (including phenoxy) is 2. The number of hydrogen-bond donors (Lipinski definition) is 1. The Kier molecular flexibility index (Phi) is 1.33. The smallest absolute Gasteiger partial charge is 0.231 e. The summed E-state index contributed by atoms with van der Waals surface area (Å²) in [7, 11) is 0. The van der Waals surface area contributed by atoms with Gasteiger partial charge >= 0.3 is 0 Å². The van der Waals surface area contributed by atoms with Crippen LogP contribution in [0.4, 0.5) is 0 Å². The fourth-order valence-electron chi connectivity index (χ4n) is 1.52. The molecule has 0 bridgehead atoms. The van der Waals surface area contributed by atoms with Crippen molar-refractivity contribution in [1.82, 2.24) is 4.98 Å². The molecule has 14 heavy (non-hydrogen) atoms. The molecule has 1 aliphatic heterocycles. The predicted octanol–water partition coefficient (Wildman–Crippen LogP) is 1.67. The van der Waals surface area contributed by atoms with E-state index >= 15 is 0 Å². The highest BCUT2D eigenvalue weighted by molar-refractivity contribution is 5.87. The lowest BCUT2D eigenvalue weighted by Crippen LogP contribution is -1.92. The van der Waals surface area contributed by atoms with Crippen LogP contribution < -0.4 is 9.47 Å². The number of aromatic nitrogens is 1. The van der Waals surface area contributed by atoms with Gasteiger partial charge in [0.25, 0.3) is 0 Å². The van der Waals surface area contributed by atoms with Crippen LogP contribution in [0.5, 0.6) is 17.2 Å². The number of rotatable bonds is 0. The first-order valence-electron chi connectivity index (χ1n) is 4.22. The van der Waals surface area contributed by atoms with Crippen molar-refractivity contribution in [2.45, 2.75) is 0 Å². The van der Waals surface area contributed by atoms with Crippen molar-refractivity contribution in [3.8, 4) is 17.2 Å². The first-order chi connectivity index (χ1) is 6.84. The lowest BCUT2D eigenvalue weighted by molar-refractivity contribution is 0.174. The third kappa shape index (κ3) is 0.907. The highest BCUT2D eigenvalue weighted by Gasteiger charge is 2.15. The summed E-state index contributed by atoms with van der Waals surface area (Å²) in [6, 6.07) is 5.04. The van der Waals surface area contributed by atoms with E-state index in [1.54, 1.807) is 24.4 Å². The van der Waals surface area contributed by atoms with E-state index in [0.717, 1.165) is 0 Å². The summed E-state index contributed by atoms with van der Waals surface area (Å²) in [5.41, 5.74) is 0.703. The van der Waals surface area contributed by atoms with Gasteiger partial charge in [0.2, 0.25) is 6.79 Å². The van der Waals surface area contributed by atoms with Crippen molar-refractivity contribution < 1.29 is 14.6 Å². The summed E-state index contributed by atoms with van der Waals surface area (Å²) in [4.78, 5) is 4.12. The Bertz CT molecular complexity index is 510. The van der Waals surface area contributed by atoms with E-state index in [-0.39, 0.29) is 12.5 Å². The highest BCUT2D eigenvalue weighted by Crippen LogP contribution is 2.37. The van der Waals surface area contributed by atoms with Gasteiger partial charge in [0.1, 0.15) is 5.75 Å². The van der Waals surface area contributed by atoms with E-state index in [2.05, 4.69) is 4.98 Å². The Morgan fingerprint density at radius 3 is 2.86 bits per heavy atom. The molecular weight excluding hydrogens is 182 g/mol. The molecule has 0 atom stereocenters. The van der Waals surface area contributed by atoms with Gasteiger partial charge in [-0.15, -0.1) is 0 Å². The zero-order chi connectivity index (χ0) is 9.54. The number of nitrogens with zero attached hydrogens (tertiary/aromatic N) is 1. The van der Waals surface area contributed by atoms with Gasteiger partial charge in [-0.25, -0.2) is 0 Å². The van der Waals surface area contributed by atoms with Gasteiger partial charge in [0.15, 0.2) is 11.5 Å². The summed E-state index contributed by atoms with van der Waals surface area (Å²) in [6.07, 6.45) is 1.56. The molecule has 0 unspecified atom stereocenters. The van der Waals surface area contributed by atoms with Crippen LogP contribution in [0.2, 0.25) is 0 Å². The molecule has 4 nitrogen and oxygen atoms in total. The molecule has 2 heterocycles. The van der Waals surface area contributed by atoms with Crippen molar-refractivity contribution in [2.75, 3.05) is 6.79 Å². The highest BCUT2D eigenvalue weighted by atomic mass is 16.7. The maximum Gasteiger partial charge on any atom is 0.231 e. The van der Waals surface area contributed by atoms with Crippen LogP contribution in [0, 0.1) is 0 Å². The Labute approximate surface area is 79.7 Å². The first kappa shape index (κ1) is 7.44. The average Bonchev–Trinajstić information content (AvgIpc) is 2.62. The largest absolute Gasteiger partial charge is 0.507 e. The monoisotopic (exact) mass is 189 g/mol. The molecule has 0 amide bonds. The standard InChI is InChI=1S/C10H7NO3/c12-8-1-2-11-7-4-10-9(3-6(7)8)13-5-14-10/h1-4H,5H2,(H,11,12). The maximum atomic E-state index is 9.57. The molecule has 70 valence electrons. The average molecular weight is 189 g/mol. The van der Waals surface area contributed by atoms with Gasteiger partial charge in [-0.05, 0) is 12.1 Å². The molecule has 0 fully saturated rings. The molecule has 0 spiro atoms. The van der Waals surface area contributed by atoms with E-state index in [0.29, 0.717) is 22.4 Å². The van der Waals surface area contributed by atoms with Gasteiger partial charge in [0, 0.05) is 17.6 Å². The Hall–Kier alpha value is -1.97. The van der Waals surface area contributed by atoms with Gasteiger partial charge in [-0.1, -0.05) is 0 Å². The number of benzene rings is 1. The second-order valence-electron chi connectivity index (χ2n) is 3.05. The molecule has 0 aliphatic carbocycles. The van der Waals surface area contributed by atoms with Crippen LogP contribution in [-0.2, 0) is 0 Å². The minimum Gasteiger partial charge on any atom is -0.507 e. The fraction of sp³-hybridized carbons (Fsp3) is 0.100. The number of aromatic hydroxyl groups is 1. The van der Waals surface area contributed by atoms with E-state index in [4.69, 9.17) is 9.47 Å². The van der Waals surface area contributed by atoms with Crippen LogP contribution in [-0.4, -0.2) is 16.9 Å². The van der Waals surface area contributed by atoms with Crippen molar-refractivity contribution in [1.29, 1.82) is 0 Å². The molecular formula is C10H7NO3. The van der Waals surface area contributed by atoms with Crippen molar-refractivity contribution in [2.24, 2.45) is 0 Å². The van der Waals surface area contributed by atoms with E-state index in [1.165, 1.54) is 0 Å². The van der Waals surface area contributed by atoms with Crippen LogP contribution >= 0.6 is 0 Å². The number of hydrogen-bond acceptors (Lipinski definition) is 4. The molecule has 4 heteroatoms. The van der Waals surface area contributed by atoms with Gasteiger partial charge in [-0.3, -0.25) is 4.98 Å². The number of pyridine rings is 1. The predicted molar refractivity (Wildman–Crippen MR) is 49.5 cm³/mol. The Balaban J connectivity index is 2.39. The molecule has 1 aromatic carbocycles. The Morgan fingerprint density at radius 2 is 2.00 bits per heavy atom. The third-order valence-corrected chi connectivity index (χ3v) is 2.21. The third-order valence-electron chi connectivity index (χ3n) is 2.21. The first-order valence-corrected chi connectivity index (χ1v) is 4.22. The molecule has 1 aliphatic rings. The lowest BCUT2D eigenvalue weighted by atomic mass is 10.2. The van der Waals surface area contributed by atoms with E-state index < -0.39 is 0 Å². The lowest BCUT2D eigenvalue weighted by Gasteiger charge is -2.01. The minimum atomic E-state index is 0.202. The van der Waals surface area contributed by atoms with Crippen molar-refractivity contribution in [3.63, 3.8) is 0 Å². The summed E-state index contributed by atoms with van der Waals surface area (Å²) in [6.45, 7) is 0.229. The quantitative estimate of drug-likeness (QED) is 0.684. The zero-order valence-electron chi connectivity index (χ0n) is 7.23. The minimum absolute atomic E-state index is 0.202. The second-order valence-corrected chi connectivity index (χ2v) is 3.05. The topological polar surface area (TPSA) is 51.6 Å². The molecule has 1 N–H and O–H groups in total. The SMILES string of the molecule is Oc1ccnc2cc3c(cc12)OCO3.